The van der Waals surface area contributed by atoms with Gasteiger partial charge in [-0.3, -0.25) is 0 Å². The average Bonchev–Trinajstić information content (AvgIpc) is 2.54. The number of hydrogen-bond acceptors (Lipinski definition) is 2. The SMILES string of the molecule is CCCC(C)C(NC)c1occc1C. The molecule has 2 heteroatoms. The molecular weight excluding hydrogens is 174 g/mol. The van der Waals surface area contributed by atoms with E-state index in [1.807, 2.05) is 13.1 Å². The van der Waals surface area contributed by atoms with Gasteiger partial charge in [0.2, 0.25) is 0 Å². The highest BCUT2D eigenvalue weighted by Crippen LogP contribution is 2.27. The molecule has 1 N–H and O–H groups in total. The predicted octanol–water partition coefficient (Wildman–Crippen LogP) is 3.28. The van der Waals surface area contributed by atoms with E-state index >= 15 is 0 Å². The zero-order chi connectivity index (χ0) is 10.6. The summed E-state index contributed by atoms with van der Waals surface area (Å²) in [5.41, 5.74) is 1.24. The van der Waals surface area contributed by atoms with Crippen LogP contribution in [0.25, 0.3) is 0 Å². The van der Waals surface area contributed by atoms with Crippen molar-refractivity contribution in [1.29, 1.82) is 0 Å². The lowest BCUT2D eigenvalue weighted by Gasteiger charge is -2.21. The molecule has 0 aliphatic heterocycles. The molecule has 0 saturated carbocycles. The Bertz CT molecular complexity index is 267. The van der Waals surface area contributed by atoms with Gasteiger partial charge in [-0.25, -0.2) is 0 Å². The van der Waals surface area contributed by atoms with E-state index in [1.54, 1.807) is 6.26 Å². The molecule has 1 aromatic heterocycles. The Labute approximate surface area is 86.7 Å². The maximum atomic E-state index is 5.52. The second-order valence-corrected chi connectivity index (χ2v) is 4.00. The molecule has 0 radical (unpaired) electrons. The minimum absolute atomic E-state index is 0.352. The number of hydrogen-bond donors (Lipinski definition) is 1. The van der Waals surface area contributed by atoms with Crippen molar-refractivity contribution in [2.24, 2.45) is 5.92 Å². The van der Waals surface area contributed by atoms with Crippen LogP contribution in [-0.2, 0) is 0 Å². The Morgan fingerprint density at radius 3 is 2.64 bits per heavy atom. The van der Waals surface area contributed by atoms with Gasteiger partial charge in [0, 0.05) is 0 Å². The molecule has 0 fully saturated rings. The van der Waals surface area contributed by atoms with Gasteiger partial charge in [-0.15, -0.1) is 0 Å². The van der Waals surface area contributed by atoms with Crippen molar-refractivity contribution >= 4 is 0 Å². The van der Waals surface area contributed by atoms with Gasteiger partial charge in [0.15, 0.2) is 0 Å². The molecule has 2 unspecified atom stereocenters. The van der Waals surface area contributed by atoms with E-state index in [4.69, 9.17) is 4.42 Å². The summed E-state index contributed by atoms with van der Waals surface area (Å²) < 4.78 is 5.52. The lowest BCUT2D eigenvalue weighted by atomic mass is 9.94. The summed E-state index contributed by atoms with van der Waals surface area (Å²) in [6.45, 7) is 6.59. The smallest absolute Gasteiger partial charge is 0.123 e. The van der Waals surface area contributed by atoms with Crippen molar-refractivity contribution in [2.75, 3.05) is 7.05 Å². The fraction of sp³-hybridized carbons (Fsp3) is 0.667. The molecule has 0 aliphatic rings. The van der Waals surface area contributed by atoms with Crippen molar-refractivity contribution in [3.8, 4) is 0 Å². The molecule has 0 amide bonds. The average molecular weight is 195 g/mol. The molecule has 80 valence electrons. The van der Waals surface area contributed by atoms with Gasteiger partial charge in [-0.05, 0) is 37.9 Å². The number of nitrogens with one attached hydrogen (secondary N) is 1. The van der Waals surface area contributed by atoms with Crippen LogP contribution in [0.5, 0.6) is 0 Å². The van der Waals surface area contributed by atoms with Crippen LogP contribution in [-0.4, -0.2) is 7.05 Å². The Balaban J connectivity index is 2.76. The zero-order valence-corrected chi connectivity index (χ0v) is 9.63. The van der Waals surface area contributed by atoms with Gasteiger partial charge in [-0.2, -0.15) is 0 Å². The molecular formula is C12H21NO. The predicted molar refractivity (Wildman–Crippen MR) is 59.3 cm³/mol. The van der Waals surface area contributed by atoms with Crippen LogP contribution in [0.4, 0.5) is 0 Å². The van der Waals surface area contributed by atoms with Crippen LogP contribution in [0.3, 0.4) is 0 Å². The molecule has 0 aromatic carbocycles. The van der Waals surface area contributed by atoms with E-state index < -0.39 is 0 Å². The second kappa shape index (κ2) is 5.20. The standard InChI is InChI=1S/C12H21NO/c1-5-6-9(2)11(13-4)12-10(3)7-8-14-12/h7-9,11,13H,5-6H2,1-4H3. The molecule has 1 rings (SSSR count). The van der Waals surface area contributed by atoms with E-state index in [1.165, 1.54) is 18.4 Å². The molecule has 0 aliphatic carbocycles. The van der Waals surface area contributed by atoms with Gasteiger partial charge in [0.1, 0.15) is 5.76 Å². The number of rotatable bonds is 5. The number of furan rings is 1. The first-order valence-corrected chi connectivity index (χ1v) is 5.42. The first-order chi connectivity index (χ1) is 6.70. The van der Waals surface area contributed by atoms with Gasteiger partial charge in [0.25, 0.3) is 0 Å². The highest BCUT2D eigenvalue weighted by molar-refractivity contribution is 5.18. The highest BCUT2D eigenvalue weighted by Gasteiger charge is 2.20. The van der Waals surface area contributed by atoms with E-state index in [0.29, 0.717) is 12.0 Å². The van der Waals surface area contributed by atoms with Crippen LogP contribution in [0.1, 0.15) is 44.1 Å². The van der Waals surface area contributed by atoms with Crippen molar-refractivity contribution in [3.05, 3.63) is 23.7 Å². The molecule has 2 nitrogen and oxygen atoms in total. The molecule has 1 heterocycles. The summed E-state index contributed by atoms with van der Waals surface area (Å²) in [7, 11) is 2.00. The summed E-state index contributed by atoms with van der Waals surface area (Å²) in [4.78, 5) is 0. The molecule has 14 heavy (non-hydrogen) atoms. The van der Waals surface area contributed by atoms with Gasteiger partial charge in [0.05, 0.1) is 12.3 Å². The fourth-order valence-electron chi connectivity index (χ4n) is 2.00. The zero-order valence-electron chi connectivity index (χ0n) is 9.63. The minimum atomic E-state index is 0.352. The van der Waals surface area contributed by atoms with E-state index in [2.05, 4.69) is 26.1 Å². The summed E-state index contributed by atoms with van der Waals surface area (Å²) in [6, 6.07) is 2.38. The van der Waals surface area contributed by atoms with Crippen LogP contribution in [0.2, 0.25) is 0 Å². The Hall–Kier alpha value is -0.760. The topological polar surface area (TPSA) is 25.2 Å². The van der Waals surface area contributed by atoms with E-state index in [-0.39, 0.29) is 0 Å². The Morgan fingerprint density at radius 2 is 2.21 bits per heavy atom. The molecule has 0 saturated heterocycles. The first-order valence-electron chi connectivity index (χ1n) is 5.42. The maximum Gasteiger partial charge on any atom is 0.123 e. The molecule has 2 atom stereocenters. The van der Waals surface area contributed by atoms with E-state index in [0.717, 1.165) is 5.76 Å². The number of aryl methyl sites for hydroxylation is 1. The van der Waals surface area contributed by atoms with Crippen LogP contribution >= 0.6 is 0 Å². The lowest BCUT2D eigenvalue weighted by molar-refractivity contribution is 0.324. The fourth-order valence-corrected chi connectivity index (χ4v) is 2.00. The Kier molecular flexibility index (Phi) is 4.21. The third-order valence-electron chi connectivity index (χ3n) is 2.81. The van der Waals surface area contributed by atoms with Gasteiger partial charge < -0.3 is 9.73 Å². The summed E-state index contributed by atoms with van der Waals surface area (Å²) >= 11 is 0. The molecule has 0 spiro atoms. The highest BCUT2D eigenvalue weighted by atomic mass is 16.3. The van der Waals surface area contributed by atoms with Crippen molar-refractivity contribution < 1.29 is 4.42 Å². The maximum absolute atomic E-state index is 5.52. The van der Waals surface area contributed by atoms with Crippen molar-refractivity contribution in [1.82, 2.24) is 5.32 Å². The first kappa shape index (κ1) is 11.3. The Morgan fingerprint density at radius 1 is 1.50 bits per heavy atom. The molecule has 0 bridgehead atoms. The van der Waals surface area contributed by atoms with Crippen molar-refractivity contribution in [2.45, 2.75) is 39.7 Å². The van der Waals surface area contributed by atoms with Crippen molar-refractivity contribution in [3.63, 3.8) is 0 Å². The third kappa shape index (κ3) is 2.38. The molecule has 1 aromatic rings. The third-order valence-corrected chi connectivity index (χ3v) is 2.81. The minimum Gasteiger partial charge on any atom is -0.467 e. The van der Waals surface area contributed by atoms with E-state index in [9.17, 15) is 0 Å². The van der Waals surface area contributed by atoms with Crippen LogP contribution in [0, 0.1) is 12.8 Å². The monoisotopic (exact) mass is 195 g/mol. The normalized spacial score (nSPS) is 15.4. The quantitative estimate of drug-likeness (QED) is 0.780. The van der Waals surface area contributed by atoms with Crippen LogP contribution in [0.15, 0.2) is 16.7 Å². The van der Waals surface area contributed by atoms with Gasteiger partial charge >= 0.3 is 0 Å². The summed E-state index contributed by atoms with van der Waals surface area (Å²) in [6.07, 6.45) is 4.22. The summed E-state index contributed by atoms with van der Waals surface area (Å²) in [5, 5.41) is 3.34. The largest absolute Gasteiger partial charge is 0.467 e. The van der Waals surface area contributed by atoms with Crippen LogP contribution < -0.4 is 5.32 Å². The van der Waals surface area contributed by atoms with Gasteiger partial charge in [-0.1, -0.05) is 20.3 Å². The summed E-state index contributed by atoms with van der Waals surface area (Å²) in [5.74, 6) is 1.71. The second-order valence-electron chi connectivity index (χ2n) is 4.00. The lowest BCUT2D eigenvalue weighted by Crippen LogP contribution is -2.23.